The average molecular weight is 548 g/mol. The Kier molecular flexibility index (Phi) is 8.01. The van der Waals surface area contributed by atoms with Crippen LogP contribution in [0, 0.1) is 0 Å². The third kappa shape index (κ3) is 6.28. The number of carbonyl (C=O) groups excluding carboxylic acids is 1. The maximum absolute atomic E-state index is 11.7. The Morgan fingerprint density at radius 1 is 0.878 bits per heavy atom. The summed E-state index contributed by atoms with van der Waals surface area (Å²) in [7, 11) is 1.41. The van der Waals surface area contributed by atoms with E-state index in [0.29, 0.717) is 6.54 Å². The van der Waals surface area contributed by atoms with Crippen LogP contribution in [0.4, 0.5) is 0 Å². The summed E-state index contributed by atoms with van der Waals surface area (Å²) in [6, 6.07) is 35.4. The molecular weight excluding hydrogens is 514 g/mol. The van der Waals surface area contributed by atoms with Gasteiger partial charge in [-0.2, -0.15) is 0 Å². The van der Waals surface area contributed by atoms with Crippen LogP contribution in [-0.4, -0.2) is 37.9 Å². The van der Waals surface area contributed by atoms with E-state index in [9.17, 15) is 4.79 Å². The van der Waals surface area contributed by atoms with Crippen LogP contribution in [0.3, 0.4) is 0 Å². The number of benzene rings is 4. The lowest BCUT2D eigenvalue weighted by Gasteiger charge is -2.28. The summed E-state index contributed by atoms with van der Waals surface area (Å²) in [6.45, 7) is 2.57. The molecule has 1 aliphatic rings. The highest BCUT2D eigenvalue weighted by Gasteiger charge is 2.23. The van der Waals surface area contributed by atoms with E-state index >= 15 is 0 Å². The van der Waals surface area contributed by atoms with Crippen LogP contribution >= 0.6 is 0 Å². The first-order chi connectivity index (χ1) is 20.2. The molecule has 5 aromatic rings. The third-order valence-corrected chi connectivity index (χ3v) is 7.60. The molecule has 4 aromatic carbocycles. The van der Waals surface area contributed by atoms with Crippen molar-refractivity contribution < 1.29 is 23.4 Å². The maximum Gasteiger partial charge on any atom is 0.309 e. The monoisotopic (exact) mass is 547 g/mol. The number of ether oxygens (including phenoxy) is 3. The molecule has 0 unspecified atom stereocenters. The molecule has 0 N–H and O–H groups in total. The molecule has 208 valence electrons. The number of furan rings is 1. The predicted octanol–water partition coefficient (Wildman–Crippen LogP) is 6.75. The van der Waals surface area contributed by atoms with Gasteiger partial charge < -0.3 is 18.6 Å². The number of methoxy groups -OCH3 is 1. The standard InChI is InChI=1S/C35H33NO5/c1-38-34(37)20-25-15-16-32-29(19-25)21-30(41-32)17-18-36(22-28-13-8-14-33-35(28)40-24-39-33)23-31(26-9-4-2-5-10-26)27-11-6-3-7-12-27/h2-16,19,21,31H,17-18,20,22-24H2,1H3. The Morgan fingerprint density at radius 3 is 2.37 bits per heavy atom. The zero-order valence-electron chi connectivity index (χ0n) is 23.1. The first kappa shape index (κ1) is 26.7. The van der Waals surface area contributed by atoms with Gasteiger partial charge in [-0.15, -0.1) is 0 Å². The van der Waals surface area contributed by atoms with Gasteiger partial charge in [0.05, 0.1) is 13.5 Å². The molecule has 0 spiro atoms. The van der Waals surface area contributed by atoms with Crippen LogP contribution in [0.15, 0.2) is 108 Å². The van der Waals surface area contributed by atoms with E-state index in [1.807, 2.05) is 30.3 Å². The Morgan fingerprint density at radius 2 is 1.63 bits per heavy atom. The first-order valence-corrected chi connectivity index (χ1v) is 13.9. The van der Waals surface area contributed by atoms with Gasteiger partial charge in [-0.3, -0.25) is 9.69 Å². The lowest BCUT2D eigenvalue weighted by molar-refractivity contribution is -0.139. The molecule has 0 fully saturated rings. The molecule has 0 radical (unpaired) electrons. The van der Waals surface area contributed by atoms with E-state index in [4.69, 9.17) is 18.6 Å². The number of fused-ring (bicyclic) bond motifs is 2. The van der Waals surface area contributed by atoms with Crippen LogP contribution in [0.25, 0.3) is 11.0 Å². The number of rotatable bonds is 11. The summed E-state index contributed by atoms with van der Waals surface area (Å²) in [5.41, 5.74) is 5.40. The third-order valence-electron chi connectivity index (χ3n) is 7.60. The molecule has 0 bridgehead atoms. The summed E-state index contributed by atoms with van der Waals surface area (Å²) in [5.74, 6) is 2.48. The van der Waals surface area contributed by atoms with Gasteiger partial charge in [-0.05, 0) is 41.0 Å². The summed E-state index contributed by atoms with van der Waals surface area (Å²) >= 11 is 0. The van der Waals surface area contributed by atoms with Crippen molar-refractivity contribution in [2.45, 2.75) is 25.3 Å². The van der Waals surface area contributed by atoms with Gasteiger partial charge in [0.25, 0.3) is 0 Å². The highest BCUT2D eigenvalue weighted by atomic mass is 16.7. The number of para-hydroxylation sites is 1. The highest BCUT2D eigenvalue weighted by molar-refractivity contribution is 5.81. The fourth-order valence-electron chi connectivity index (χ4n) is 5.51. The van der Waals surface area contributed by atoms with E-state index in [1.165, 1.54) is 18.2 Å². The lowest BCUT2D eigenvalue weighted by Crippen LogP contribution is -2.31. The van der Waals surface area contributed by atoms with E-state index in [0.717, 1.165) is 58.9 Å². The second-order valence-corrected chi connectivity index (χ2v) is 10.3. The Bertz CT molecular complexity index is 1570. The van der Waals surface area contributed by atoms with Crippen LogP contribution in [0.1, 0.15) is 33.9 Å². The average Bonchev–Trinajstić information content (AvgIpc) is 3.66. The quantitative estimate of drug-likeness (QED) is 0.170. The van der Waals surface area contributed by atoms with Crippen LogP contribution in [0.5, 0.6) is 11.5 Å². The molecule has 0 saturated carbocycles. The normalized spacial score (nSPS) is 12.4. The van der Waals surface area contributed by atoms with Crippen LogP contribution in [-0.2, 0) is 28.9 Å². The van der Waals surface area contributed by atoms with Crippen LogP contribution < -0.4 is 9.47 Å². The molecule has 0 aliphatic carbocycles. The fourth-order valence-corrected chi connectivity index (χ4v) is 5.51. The highest BCUT2D eigenvalue weighted by Crippen LogP contribution is 2.36. The number of esters is 1. The molecule has 6 nitrogen and oxygen atoms in total. The van der Waals surface area contributed by atoms with E-state index in [1.54, 1.807) is 0 Å². The Hall–Kier alpha value is -4.55. The minimum Gasteiger partial charge on any atom is -0.469 e. The van der Waals surface area contributed by atoms with Gasteiger partial charge in [0.15, 0.2) is 11.5 Å². The molecule has 2 heterocycles. The smallest absolute Gasteiger partial charge is 0.309 e. The largest absolute Gasteiger partial charge is 0.469 e. The summed E-state index contributed by atoms with van der Waals surface area (Å²) in [4.78, 5) is 14.2. The summed E-state index contributed by atoms with van der Waals surface area (Å²) in [6.07, 6.45) is 0.984. The number of nitrogens with zero attached hydrogens (tertiary/aromatic N) is 1. The van der Waals surface area contributed by atoms with Crippen LogP contribution in [0.2, 0.25) is 0 Å². The van der Waals surface area contributed by atoms with Crippen molar-refractivity contribution >= 4 is 16.9 Å². The molecule has 41 heavy (non-hydrogen) atoms. The van der Waals surface area contributed by atoms with Crippen molar-refractivity contribution in [1.29, 1.82) is 0 Å². The molecule has 0 amide bonds. The Balaban J connectivity index is 1.27. The second kappa shape index (κ2) is 12.3. The molecular formula is C35H33NO5. The van der Waals surface area contributed by atoms with E-state index < -0.39 is 0 Å². The summed E-state index contributed by atoms with van der Waals surface area (Å²) < 4.78 is 22.6. The number of carbonyl (C=O) groups is 1. The molecule has 0 saturated heterocycles. The van der Waals surface area contributed by atoms with Gasteiger partial charge in [0.1, 0.15) is 11.3 Å². The minimum absolute atomic E-state index is 0.197. The van der Waals surface area contributed by atoms with Gasteiger partial charge in [-0.1, -0.05) is 78.9 Å². The van der Waals surface area contributed by atoms with Crippen molar-refractivity contribution in [2.24, 2.45) is 0 Å². The van der Waals surface area contributed by atoms with Gasteiger partial charge in [0.2, 0.25) is 6.79 Å². The lowest BCUT2D eigenvalue weighted by atomic mass is 9.90. The van der Waals surface area contributed by atoms with E-state index in [2.05, 4.69) is 77.7 Å². The molecule has 1 aliphatic heterocycles. The second-order valence-electron chi connectivity index (χ2n) is 10.3. The minimum atomic E-state index is -0.253. The maximum atomic E-state index is 11.7. The predicted molar refractivity (Wildman–Crippen MR) is 158 cm³/mol. The zero-order valence-corrected chi connectivity index (χ0v) is 23.1. The van der Waals surface area contributed by atoms with Crippen molar-refractivity contribution in [1.82, 2.24) is 4.90 Å². The number of hydrogen-bond acceptors (Lipinski definition) is 6. The van der Waals surface area contributed by atoms with Gasteiger partial charge in [-0.25, -0.2) is 0 Å². The zero-order chi connectivity index (χ0) is 28.0. The molecule has 0 atom stereocenters. The Labute approximate surface area is 240 Å². The van der Waals surface area contributed by atoms with Crippen molar-refractivity contribution in [3.63, 3.8) is 0 Å². The molecule has 1 aromatic heterocycles. The SMILES string of the molecule is COC(=O)Cc1ccc2oc(CCN(Cc3cccc4c3OCO4)CC(c3ccccc3)c3ccccc3)cc2c1. The van der Waals surface area contributed by atoms with Gasteiger partial charge >= 0.3 is 5.97 Å². The van der Waals surface area contributed by atoms with E-state index in [-0.39, 0.29) is 25.1 Å². The summed E-state index contributed by atoms with van der Waals surface area (Å²) in [5, 5.41) is 0.992. The topological polar surface area (TPSA) is 61.1 Å². The van der Waals surface area contributed by atoms with Gasteiger partial charge in [0, 0.05) is 42.9 Å². The number of hydrogen-bond donors (Lipinski definition) is 0. The fraction of sp³-hybridized carbons (Fsp3) is 0.229. The van der Waals surface area contributed by atoms with Crippen molar-refractivity contribution in [3.8, 4) is 11.5 Å². The molecule has 6 rings (SSSR count). The van der Waals surface area contributed by atoms with Crippen molar-refractivity contribution in [2.75, 3.05) is 27.0 Å². The first-order valence-electron chi connectivity index (χ1n) is 13.9. The van der Waals surface area contributed by atoms with Crippen molar-refractivity contribution in [3.05, 3.63) is 131 Å². The molecule has 6 heteroatoms.